The van der Waals surface area contributed by atoms with Gasteiger partial charge in [0.05, 0.1) is 0 Å². The standard InChI is InChI=1S/C19H25FN2O/c1-3-13(4-2)19(23)22-9-7-14(8-10-22)17-12-21-18-6-5-15(20)11-16(17)18/h5-6,11-14,21H,3-4,7-10H2,1-2H3. The van der Waals surface area contributed by atoms with Crippen molar-refractivity contribution >= 4 is 16.8 Å². The summed E-state index contributed by atoms with van der Waals surface area (Å²) in [7, 11) is 0. The van der Waals surface area contributed by atoms with Crippen molar-refractivity contribution in [2.45, 2.75) is 45.4 Å². The van der Waals surface area contributed by atoms with E-state index in [-0.39, 0.29) is 11.7 Å². The Morgan fingerprint density at radius 3 is 2.65 bits per heavy atom. The average molecular weight is 316 g/mol. The van der Waals surface area contributed by atoms with Gasteiger partial charge in [-0.05, 0) is 55.4 Å². The van der Waals surface area contributed by atoms with Gasteiger partial charge in [0.1, 0.15) is 5.82 Å². The summed E-state index contributed by atoms with van der Waals surface area (Å²) in [4.78, 5) is 17.7. The van der Waals surface area contributed by atoms with Gasteiger partial charge in [-0.25, -0.2) is 4.39 Å². The molecule has 1 N–H and O–H groups in total. The van der Waals surface area contributed by atoms with Crippen molar-refractivity contribution in [3.63, 3.8) is 0 Å². The Balaban J connectivity index is 1.71. The summed E-state index contributed by atoms with van der Waals surface area (Å²) in [5, 5.41) is 0.981. The molecule has 0 spiro atoms. The molecule has 1 aromatic carbocycles. The largest absolute Gasteiger partial charge is 0.361 e. The van der Waals surface area contributed by atoms with Gasteiger partial charge in [0.25, 0.3) is 0 Å². The molecule has 2 heterocycles. The number of H-pyrrole nitrogens is 1. The summed E-state index contributed by atoms with van der Waals surface area (Å²) in [5.41, 5.74) is 2.17. The molecule has 4 heteroatoms. The van der Waals surface area contributed by atoms with E-state index in [1.165, 1.54) is 11.6 Å². The Labute approximate surface area is 136 Å². The molecule has 124 valence electrons. The van der Waals surface area contributed by atoms with Crippen LogP contribution in [0.2, 0.25) is 0 Å². The number of nitrogens with one attached hydrogen (secondary N) is 1. The fraction of sp³-hybridized carbons (Fsp3) is 0.526. The number of halogens is 1. The summed E-state index contributed by atoms with van der Waals surface area (Å²) in [6.45, 7) is 5.78. The van der Waals surface area contributed by atoms with Gasteiger partial charge in [-0.1, -0.05) is 13.8 Å². The minimum Gasteiger partial charge on any atom is -0.361 e. The molecule has 1 aliphatic rings. The molecule has 0 atom stereocenters. The molecule has 0 unspecified atom stereocenters. The van der Waals surface area contributed by atoms with E-state index in [2.05, 4.69) is 18.8 Å². The highest BCUT2D eigenvalue weighted by Gasteiger charge is 2.28. The molecule has 0 saturated carbocycles. The maximum Gasteiger partial charge on any atom is 0.225 e. The number of aromatic amines is 1. The number of piperidine rings is 1. The molecule has 0 radical (unpaired) electrons. The van der Waals surface area contributed by atoms with Crippen LogP contribution >= 0.6 is 0 Å². The first-order chi connectivity index (χ1) is 11.1. The maximum absolute atomic E-state index is 13.5. The van der Waals surface area contributed by atoms with E-state index in [1.54, 1.807) is 12.1 Å². The molecular weight excluding hydrogens is 291 g/mol. The van der Waals surface area contributed by atoms with Gasteiger partial charge < -0.3 is 9.88 Å². The van der Waals surface area contributed by atoms with E-state index in [0.29, 0.717) is 11.8 Å². The number of likely N-dealkylation sites (tertiary alicyclic amines) is 1. The molecule has 3 nitrogen and oxygen atoms in total. The smallest absolute Gasteiger partial charge is 0.225 e. The number of amides is 1. The molecule has 0 bridgehead atoms. The lowest BCUT2D eigenvalue weighted by atomic mass is 9.88. The fourth-order valence-corrected chi connectivity index (χ4v) is 3.76. The van der Waals surface area contributed by atoms with Gasteiger partial charge in [0.2, 0.25) is 5.91 Å². The number of benzene rings is 1. The number of hydrogen-bond acceptors (Lipinski definition) is 1. The lowest BCUT2D eigenvalue weighted by Crippen LogP contribution is -2.41. The topological polar surface area (TPSA) is 36.1 Å². The average Bonchev–Trinajstić information content (AvgIpc) is 2.99. The number of hydrogen-bond donors (Lipinski definition) is 1. The minimum absolute atomic E-state index is 0.161. The Morgan fingerprint density at radius 2 is 2.00 bits per heavy atom. The first-order valence-corrected chi connectivity index (χ1v) is 8.69. The highest BCUT2D eigenvalue weighted by atomic mass is 19.1. The van der Waals surface area contributed by atoms with Crippen LogP contribution in [-0.2, 0) is 4.79 Å². The van der Waals surface area contributed by atoms with Crippen molar-refractivity contribution in [3.05, 3.63) is 35.8 Å². The van der Waals surface area contributed by atoms with E-state index in [4.69, 9.17) is 0 Å². The number of rotatable bonds is 4. The second-order valence-corrected chi connectivity index (χ2v) is 6.55. The second-order valence-electron chi connectivity index (χ2n) is 6.55. The molecular formula is C19H25FN2O. The molecule has 1 aliphatic heterocycles. The number of carbonyl (C=O) groups excluding carboxylic acids is 1. The quantitative estimate of drug-likeness (QED) is 0.889. The zero-order valence-corrected chi connectivity index (χ0v) is 13.9. The number of nitrogens with zero attached hydrogens (tertiary/aromatic N) is 1. The third kappa shape index (κ3) is 3.12. The van der Waals surface area contributed by atoms with E-state index in [9.17, 15) is 9.18 Å². The molecule has 2 aromatic rings. The summed E-state index contributed by atoms with van der Waals surface area (Å²) in [5.74, 6) is 0.670. The van der Waals surface area contributed by atoms with E-state index < -0.39 is 0 Å². The molecule has 23 heavy (non-hydrogen) atoms. The third-order valence-electron chi connectivity index (χ3n) is 5.26. The van der Waals surface area contributed by atoms with Crippen LogP contribution in [0.1, 0.15) is 51.0 Å². The maximum atomic E-state index is 13.5. The van der Waals surface area contributed by atoms with Crippen molar-refractivity contribution < 1.29 is 9.18 Å². The van der Waals surface area contributed by atoms with Gasteiger partial charge in [0.15, 0.2) is 0 Å². The fourth-order valence-electron chi connectivity index (χ4n) is 3.76. The highest BCUT2D eigenvalue weighted by Crippen LogP contribution is 2.34. The zero-order valence-electron chi connectivity index (χ0n) is 13.9. The van der Waals surface area contributed by atoms with Crippen molar-refractivity contribution in [3.8, 4) is 0 Å². The van der Waals surface area contributed by atoms with Crippen LogP contribution in [-0.4, -0.2) is 28.9 Å². The molecule has 1 saturated heterocycles. The van der Waals surface area contributed by atoms with Crippen LogP contribution in [0, 0.1) is 11.7 Å². The van der Waals surface area contributed by atoms with Crippen LogP contribution < -0.4 is 0 Å². The van der Waals surface area contributed by atoms with Gasteiger partial charge in [-0.3, -0.25) is 4.79 Å². The van der Waals surface area contributed by atoms with Gasteiger partial charge in [-0.15, -0.1) is 0 Å². The molecule has 3 rings (SSSR count). The predicted molar refractivity (Wildman–Crippen MR) is 90.9 cm³/mol. The van der Waals surface area contributed by atoms with E-state index in [0.717, 1.165) is 49.7 Å². The summed E-state index contributed by atoms with van der Waals surface area (Å²) >= 11 is 0. The summed E-state index contributed by atoms with van der Waals surface area (Å²) in [6, 6.07) is 4.89. The Kier molecular flexibility index (Phi) is 4.69. The first-order valence-electron chi connectivity index (χ1n) is 8.69. The molecule has 0 aliphatic carbocycles. The monoisotopic (exact) mass is 316 g/mol. The second kappa shape index (κ2) is 6.73. The van der Waals surface area contributed by atoms with Crippen LogP contribution in [0.3, 0.4) is 0 Å². The molecule has 1 aromatic heterocycles. The van der Waals surface area contributed by atoms with E-state index in [1.807, 2.05) is 11.1 Å². The van der Waals surface area contributed by atoms with Crippen LogP contribution in [0.5, 0.6) is 0 Å². The van der Waals surface area contributed by atoms with Crippen molar-refractivity contribution in [1.82, 2.24) is 9.88 Å². The van der Waals surface area contributed by atoms with Crippen LogP contribution in [0.15, 0.2) is 24.4 Å². The normalized spacial score (nSPS) is 16.4. The van der Waals surface area contributed by atoms with Crippen LogP contribution in [0.25, 0.3) is 10.9 Å². The Bertz CT molecular complexity index is 682. The number of aromatic nitrogens is 1. The third-order valence-corrected chi connectivity index (χ3v) is 5.26. The highest BCUT2D eigenvalue weighted by molar-refractivity contribution is 5.84. The number of fused-ring (bicyclic) bond motifs is 1. The Morgan fingerprint density at radius 1 is 1.30 bits per heavy atom. The van der Waals surface area contributed by atoms with Crippen molar-refractivity contribution in [2.24, 2.45) is 5.92 Å². The van der Waals surface area contributed by atoms with Crippen LogP contribution in [0.4, 0.5) is 4.39 Å². The first kappa shape index (κ1) is 16.0. The van der Waals surface area contributed by atoms with Gasteiger partial charge in [0, 0.05) is 36.1 Å². The predicted octanol–water partition coefficient (Wildman–Crippen LogP) is 4.45. The summed E-state index contributed by atoms with van der Waals surface area (Å²) < 4.78 is 13.5. The number of carbonyl (C=O) groups is 1. The van der Waals surface area contributed by atoms with E-state index >= 15 is 0 Å². The lowest BCUT2D eigenvalue weighted by Gasteiger charge is -2.34. The van der Waals surface area contributed by atoms with Gasteiger partial charge in [-0.2, -0.15) is 0 Å². The van der Waals surface area contributed by atoms with Crippen molar-refractivity contribution in [1.29, 1.82) is 0 Å². The molecule has 1 amide bonds. The minimum atomic E-state index is -0.195. The lowest BCUT2D eigenvalue weighted by molar-refractivity contribution is -0.136. The summed E-state index contributed by atoms with van der Waals surface area (Å²) in [6.07, 6.45) is 5.74. The SMILES string of the molecule is CCC(CC)C(=O)N1CCC(c2c[nH]c3ccc(F)cc23)CC1. The van der Waals surface area contributed by atoms with Crippen molar-refractivity contribution in [2.75, 3.05) is 13.1 Å². The van der Waals surface area contributed by atoms with Gasteiger partial charge >= 0.3 is 0 Å². The zero-order chi connectivity index (χ0) is 16.4. The molecule has 1 fully saturated rings. The Hall–Kier alpha value is -1.84.